The average Bonchev–Trinajstić information content (AvgIpc) is 2.23. The molecule has 0 aromatic heterocycles. The molecule has 0 saturated carbocycles. The molecule has 0 spiro atoms. The van der Waals surface area contributed by atoms with Gasteiger partial charge in [0.05, 0.1) is 0 Å². The van der Waals surface area contributed by atoms with E-state index in [0.29, 0.717) is 0 Å². The number of benzene rings is 1. The summed E-state index contributed by atoms with van der Waals surface area (Å²) in [5.74, 6) is 0. The van der Waals surface area contributed by atoms with E-state index < -0.39 is 0 Å². The van der Waals surface area contributed by atoms with E-state index in [9.17, 15) is 0 Å². The molecule has 0 bridgehead atoms. The molecule has 84 valence electrons. The predicted octanol–water partition coefficient (Wildman–Crippen LogP) is 2.64. The topological polar surface area (TPSA) is 24.1 Å². The molecule has 0 fully saturated rings. The Labute approximate surface area is 110 Å². The zero-order valence-electron chi connectivity index (χ0n) is 8.82. The SMILES string of the molecule is CNCCCNCc1cc(Cl)ccc1I. The molecule has 1 aromatic carbocycles. The zero-order valence-corrected chi connectivity index (χ0v) is 11.7. The van der Waals surface area contributed by atoms with Gasteiger partial charge in [-0.15, -0.1) is 0 Å². The maximum Gasteiger partial charge on any atom is 0.0409 e. The Balaban J connectivity index is 2.33. The smallest absolute Gasteiger partial charge is 0.0409 e. The van der Waals surface area contributed by atoms with Crippen molar-refractivity contribution in [3.8, 4) is 0 Å². The van der Waals surface area contributed by atoms with Crippen LogP contribution >= 0.6 is 34.2 Å². The molecule has 1 aromatic rings. The standard InChI is InChI=1S/C11H16ClIN2/c1-14-5-2-6-15-8-9-7-10(12)3-4-11(9)13/h3-4,7,14-15H,2,5-6,8H2,1H3. The van der Waals surface area contributed by atoms with Gasteiger partial charge in [0.25, 0.3) is 0 Å². The Morgan fingerprint density at radius 3 is 2.87 bits per heavy atom. The third kappa shape index (κ3) is 5.15. The van der Waals surface area contributed by atoms with E-state index >= 15 is 0 Å². The quantitative estimate of drug-likeness (QED) is 0.615. The maximum atomic E-state index is 5.94. The van der Waals surface area contributed by atoms with Gasteiger partial charge in [0.15, 0.2) is 0 Å². The molecule has 0 atom stereocenters. The van der Waals surface area contributed by atoms with Crippen LogP contribution in [0.1, 0.15) is 12.0 Å². The molecule has 0 aliphatic carbocycles. The maximum absolute atomic E-state index is 5.94. The van der Waals surface area contributed by atoms with Gasteiger partial charge in [-0.1, -0.05) is 11.6 Å². The molecule has 0 aliphatic heterocycles. The van der Waals surface area contributed by atoms with Gasteiger partial charge in [0.1, 0.15) is 0 Å². The average molecular weight is 339 g/mol. The Bertz CT molecular complexity index is 305. The first-order chi connectivity index (χ1) is 7.24. The third-order valence-corrected chi connectivity index (χ3v) is 3.39. The highest BCUT2D eigenvalue weighted by atomic mass is 127. The van der Waals surface area contributed by atoms with Crippen molar-refractivity contribution in [2.45, 2.75) is 13.0 Å². The van der Waals surface area contributed by atoms with Crippen LogP contribution in [-0.2, 0) is 6.54 Å². The first-order valence-electron chi connectivity index (χ1n) is 5.03. The summed E-state index contributed by atoms with van der Waals surface area (Å²) < 4.78 is 1.26. The molecular formula is C11H16ClIN2. The van der Waals surface area contributed by atoms with Crippen molar-refractivity contribution in [3.05, 3.63) is 32.4 Å². The Morgan fingerprint density at radius 2 is 2.13 bits per heavy atom. The van der Waals surface area contributed by atoms with Crippen LogP contribution in [0.5, 0.6) is 0 Å². The van der Waals surface area contributed by atoms with E-state index in [2.05, 4.69) is 33.2 Å². The second-order valence-electron chi connectivity index (χ2n) is 3.37. The van der Waals surface area contributed by atoms with Crippen molar-refractivity contribution in [2.75, 3.05) is 20.1 Å². The van der Waals surface area contributed by atoms with Gasteiger partial charge in [0, 0.05) is 15.1 Å². The van der Waals surface area contributed by atoms with Crippen LogP contribution in [0, 0.1) is 3.57 Å². The minimum Gasteiger partial charge on any atom is -0.320 e. The molecule has 0 radical (unpaired) electrons. The van der Waals surface area contributed by atoms with E-state index in [1.54, 1.807) is 0 Å². The minimum absolute atomic E-state index is 0.808. The monoisotopic (exact) mass is 338 g/mol. The molecule has 2 nitrogen and oxygen atoms in total. The lowest BCUT2D eigenvalue weighted by Crippen LogP contribution is -2.19. The summed E-state index contributed by atoms with van der Waals surface area (Å²) >= 11 is 8.27. The highest BCUT2D eigenvalue weighted by Crippen LogP contribution is 2.17. The van der Waals surface area contributed by atoms with Crippen molar-refractivity contribution in [3.63, 3.8) is 0 Å². The minimum atomic E-state index is 0.808. The second kappa shape index (κ2) is 7.44. The normalized spacial score (nSPS) is 10.6. The van der Waals surface area contributed by atoms with Crippen LogP contribution in [0.15, 0.2) is 18.2 Å². The fourth-order valence-corrected chi connectivity index (χ4v) is 2.01. The van der Waals surface area contributed by atoms with Crippen molar-refractivity contribution in [1.82, 2.24) is 10.6 Å². The van der Waals surface area contributed by atoms with E-state index in [4.69, 9.17) is 11.6 Å². The Kier molecular flexibility index (Phi) is 6.56. The van der Waals surface area contributed by atoms with Gasteiger partial charge in [-0.3, -0.25) is 0 Å². The molecule has 0 saturated heterocycles. The number of rotatable bonds is 6. The lowest BCUT2D eigenvalue weighted by atomic mass is 10.2. The largest absolute Gasteiger partial charge is 0.320 e. The van der Waals surface area contributed by atoms with Gasteiger partial charge < -0.3 is 10.6 Å². The fourth-order valence-electron chi connectivity index (χ4n) is 1.29. The summed E-state index contributed by atoms with van der Waals surface area (Å²) in [5.41, 5.74) is 1.27. The molecule has 4 heteroatoms. The Morgan fingerprint density at radius 1 is 1.33 bits per heavy atom. The lowest BCUT2D eigenvalue weighted by Gasteiger charge is -2.07. The molecule has 0 heterocycles. The summed E-state index contributed by atoms with van der Waals surface area (Å²) in [6.07, 6.45) is 1.15. The van der Waals surface area contributed by atoms with Crippen molar-refractivity contribution < 1.29 is 0 Å². The predicted molar refractivity (Wildman–Crippen MR) is 74.4 cm³/mol. The first-order valence-corrected chi connectivity index (χ1v) is 6.49. The summed E-state index contributed by atoms with van der Waals surface area (Å²) in [7, 11) is 1.97. The molecule has 15 heavy (non-hydrogen) atoms. The fraction of sp³-hybridized carbons (Fsp3) is 0.455. The van der Waals surface area contributed by atoms with Crippen LogP contribution in [0.25, 0.3) is 0 Å². The van der Waals surface area contributed by atoms with Gasteiger partial charge >= 0.3 is 0 Å². The number of nitrogens with one attached hydrogen (secondary N) is 2. The molecular weight excluding hydrogens is 322 g/mol. The summed E-state index contributed by atoms with van der Waals surface area (Å²) in [6.45, 7) is 2.98. The summed E-state index contributed by atoms with van der Waals surface area (Å²) in [5, 5.41) is 7.33. The Hall–Kier alpha value is 0.160. The van der Waals surface area contributed by atoms with E-state index in [1.807, 2.05) is 25.2 Å². The molecule has 0 aliphatic rings. The van der Waals surface area contributed by atoms with Crippen LogP contribution < -0.4 is 10.6 Å². The van der Waals surface area contributed by atoms with Crippen molar-refractivity contribution >= 4 is 34.2 Å². The number of hydrogen-bond acceptors (Lipinski definition) is 2. The highest BCUT2D eigenvalue weighted by Gasteiger charge is 1.99. The van der Waals surface area contributed by atoms with E-state index in [-0.39, 0.29) is 0 Å². The highest BCUT2D eigenvalue weighted by molar-refractivity contribution is 14.1. The van der Waals surface area contributed by atoms with Gasteiger partial charge in [0.2, 0.25) is 0 Å². The van der Waals surface area contributed by atoms with Gasteiger partial charge in [-0.25, -0.2) is 0 Å². The van der Waals surface area contributed by atoms with Crippen LogP contribution in [0.2, 0.25) is 5.02 Å². The molecule has 1 rings (SSSR count). The molecule has 0 unspecified atom stereocenters. The lowest BCUT2D eigenvalue weighted by molar-refractivity contribution is 0.624. The van der Waals surface area contributed by atoms with Crippen LogP contribution in [0.4, 0.5) is 0 Å². The van der Waals surface area contributed by atoms with Crippen LogP contribution in [-0.4, -0.2) is 20.1 Å². The molecule has 0 amide bonds. The van der Waals surface area contributed by atoms with Gasteiger partial charge in [-0.05, 0) is 72.9 Å². The number of halogens is 2. The van der Waals surface area contributed by atoms with Crippen LogP contribution in [0.3, 0.4) is 0 Å². The summed E-state index contributed by atoms with van der Waals surface area (Å²) in [6, 6.07) is 6.00. The summed E-state index contributed by atoms with van der Waals surface area (Å²) in [4.78, 5) is 0. The zero-order chi connectivity index (χ0) is 11.1. The van der Waals surface area contributed by atoms with E-state index in [0.717, 1.165) is 31.1 Å². The first kappa shape index (κ1) is 13.2. The van der Waals surface area contributed by atoms with Gasteiger partial charge in [-0.2, -0.15) is 0 Å². The third-order valence-electron chi connectivity index (χ3n) is 2.10. The van der Waals surface area contributed by atoms with Crippen molar-refractivity contribution in [2.24, 2.45) is 0 Å². The van der Waals surface area contributed by atoms with E-state index in [1.165, 1.54) is 9.13 Å². The second-order valence-corrected chi connectivity index (χ2v) is 4.97. The van der Waals surface area contributed by atoms with Crippen molar-refractivity contribution in [1.29, 1.82) is 0 Å². The number of hydrogen-bond donors (Lipinski definition) is 2. The molecule has 2 N–H and O–H groups in total.